The molecule has 1 heterocycles. The van der Waals surface area contributed by atoms with E-state index >= 15 is 0 Å². The fourth-order valence-electron chi connectivity index (χ4n) is 3.10. The second-order valence-electron chi connectivity index (χ2n) is 5.64. The first-order valence-electron chi connectivity index (χ1n) is 7.04. The number of aryl methyl sites for hydroxylation is 1. The number of benzene rings is 1. The van der Waals surface area contributed by atoms with Crippen LogP contribution in [0.3, 0.4) is 0 Å². The molecule has 1 saturated heterocycles. The van der Waals surface area contributed by atoms with Crippen molar-refractivity contribution in [3.8, 4) is 0 Å². The minimum Gasteiger partial charge on any atom is -0.371 e. The van der Waals surface area contributed by atoms with Gasteiger partial charge in [-0.25, -0.2) is 0 Å². The summed E-state index contributed by atoms with van der Waals surface area (Å²) in [4.78, 5) is 2.59. The van der Waals surface area contributed by atoms with Gasteiger partial charge in [0, 0.05) is 24.1 Å². The first-order valence-corrected chi connectivity index (χ1v) is 8.16. The summed E-state index contributed by atoms with van der Waals surface area (Å²) in [6, 6.07) is 6.84. The molecule has 0 radical (unpaired) electrons. The Balaban J connectivity index is 2.24. The van der Waals surface area contributed by atoms with Gasteiger partial charge >= 0.3 is 0 Å². The lowest BCUT2D eigenvalue weighted by Crippen LogP contribution is -2.26. The maximum absolute atomic E-state index is 3.63. The highest BCUT2D eigenvalue weighted by atomic mass is 79.9. The highest BCUT2D eigenvalue weighted by molar-refractivity contribution is 9.08. The van der Waals surface area contributed by atoms with Crippen molar-refractivity contribution in [2.75, 3.05) is 18.0 Å². The Morgan fingerprint density at radius 3 is 2.56 bits per heavy atom. The molecule has 0 spiro atoms. The molecule has 0 saturated carbocycles. The summed E-state index contributed by atoms with van der Waals surface area (Å²) in [5.41, 5.74) is 4.76. The summed E-state index contributed by atoms with van der Waals surface area (Å²) in [5.74, 6) is 0. The number of rotatable bonds is 4. The third kappa shape index (κ3) is 2.59. The van der Waals surface area contributed by atoms with Crippen LogP contribution >= 0.6 is 15.9 Å². The summed E-state index contributed by atoms with van der Waals surface area (Å²) in [5, 5.41) is 0.950. The molecule has 1 aliphatic rings. The average molecular weight is 310 g/mol. The van der Waals surface area contributed by atoms with Gasteiger partial charge < -0.3 is 4.90 Å². The largest absolute Gasteiger partial charge is 0.371 e. The Morgan fingerprint density at radius 2 is 2.00 bits per heavy atom. The number of hydrogen-bond acceptors (Lipinski definition) is 1. The molecule has 1 fully saturated rings. The predicted molar refractivity (Wildman–Crippen MR) is 83.7 cm³/mol. The average Bonchev–Trinajstić information content (AvgIpc) is 2.83. The van der Waals surface area contributed by atoms with E-state index in [1.165, 1.54) is 49.2 Å². The van der Waals surface area contributed by atoms with Crippen molar-refractivity contribution in [1.82, 2.24) is 0 Å². The molecular formula is C16H24BrN. The van der Waals surface area contributed by atoms with Crippen molar-refractivity contribution in [3.05, 3.63) is 29.3 Å². The minimum atomic E-state index is 0.550. The van der Waals surface area contributed by atoms with Gasteiger partial charge in [-0.3, -0.25) is 0 Å². The fourth-order valence-corrected chi connectivity index (χ4v) is 3.55. The van der Waals surface area contributed by atoms with Gasteiger partial charge in [-0.05, 0) is 43.2 Å². The van der Waals surface area contributed by atoms with Gasteiger partial charge in [-0.1, -0.05) is 47.5 Å². The summed E-state index contributed by atoms with van der Waals surface area (Å²) in [7, 11) is 0. The number of nitrogens with zero attached hydrogens (tertiary/aromatic N) is 1. The van der Waals surface area contributed by atoms with Gasteiger partial charge in [0.15, 0.2) is 0 Å². The molecular weight excluding hydrogens is 286 g/mol. The highest BCUT2D eigenvalue weighted by Crippen LogP contribution is 2.40. The van der Waals surface area contributed by atoms with Gasteiger partial charge in [0.2, 0.25) is 0 Å². The van der Waals surface area contributed by atoms with Crippen LogP contribution in [-0.2, 0) is 5.33 Å². The summed E-state index contributed by atoms with van der Waals surface area (Å²) in [6.07, 6.45) is 3.95. The van der Waals surface area contributed by atoms with E-state index in [0.717, 1.165) is 5.33 Å². The molecule has 0 bridgehead atoms. The molecule has 2 rings (SSSR count). The molecule has 1 aliphatic heterocycles. The van der Waals surface area contributed by atoms with Crippen LogP contribution in [0.1, 0.15) is 44.2 Å². The van der Waals surface area contributed by atoms with E-state index in [2.05, 4.69) is 59.8 Å². The molecule has 0 N–H and O–H groups in total. The normalized spacial score (nSPS) is 18.3. The topological polar surface area (TPSA) is 3.24 Å². The standard InChI is InChI=1S/C16H24BrN/c1-4-16(5-2)8-9-18(12-16)15-7-6-13(3)10-14(15)11-17/h6-7,10H,4-5,8-9,11-12H2,1-3H3. The van der Waals surface area contributed by atoms with Crippen LogP contribution in [-0.4, -0.2) is 13.1 Å². The molecule has 0 aromatic heterocycles. The van der Waals surface area contributed by atoms with E-state index in [1.54, 1.807) is 0 Å². The zero-order valence-electron chi connectivity index (χ0n) is 11.8. The van der Waals surface area contributed by atoms with E-state index in [9.17, 15) is 0 Å². The van der Waals surface area contributed by atoms with Crippen LogP contribution in [0.15, 0.2) is 18.2 Å². The van der Waals surface area contributed by atoms with Crippen molar-refractivity contribution in [2.24, 2.45) is 5.41 Å². The minimum absolute atomic E-state index is 0.550. The monoisotopic (exact) mass is 309 g/mol. The van der Waals surface area contributed by atoms with Crippen LogP contribution in [0.4, 0.5) is 5.69 Å². The lowest BCUT2D eigenvalue weighted by atomic mass is 9.82. The zero-order chi connectivity index (χ0) is 13.2. The van der Waals surface area contributed by atoms with Crippen LogP contribution in [0.5, 0.6) is 0 Å². The molecule has 1 aromatic rings. The zero-order valence-corrected chi connectivity index (χ0v) is 13.4. The van der Waals surface area contributed by atoms with Crippen LogP contribution in [0.25, 0.3) is 0 Å². The van der Waals surface area contributed by atoms with E-state index in [4.69, 9.17) is 0 Å². The molecule has 0 unspecified atom stereocenters. The van der Waals surface area contributed by atoms with Gasteiger partial charge in [0.25, 0.3) is 0 Å². The van der Waals surface area contributed by atoms with Gasteiger partial charge in [0.1, 0.15) is 0 Å². The fraction of sp³-hybridized carbons (Fsp3) is 0.625. The maximum atomic E-state index is 3.63. The third-order valence-corrected chi connectivity index (χ3v) is 5.26. The summed E-state index contributed by atoms with van der Waals surface area (Å²) >= 11 is 3.63. The second kappa shape index (κ2) is 5.64. The smallest absolute Gasteiger partial charge is 0.0407 e. The molecule has 0 amide bonds. The van der Waals surface area contributed by atoms with Crippen LogP contribution in [0, 0.1) is 12.3 Å². The van der Waals surface area contributed by atoms with E-state index < -0.39 is 0 Å². The van der Waals surface area contributed by atoms with Gasteiger partial charge in [0.05, 0.1) is 0 Å². The Bertz CT molecular complexity index is 410. The first-order chi connectivity index (χ1) is 8.64. The molecule has 100 valence electrons. The van der Waals surface area contributed by atoms with Crippen molar-refractivity contribution in [2.45, 2.75) is 45.4 Å². The van der Waals surface area contributed by atoms with Crippen molar-refractivity contribution < 1.29 is 0 Å². The summed E-state index contributed by atoms with van der Waals surface area (Å²) < 4.78 is 0. The van der Waals surface area contributed by atoms with Gasteiger partial charge in [-0.15, -0.1) is 0 Å². The predicted octanol–water partition coefficient (Wildman–Crippen LogP) is 4.91. The van der Waals surface area contributed by atoms with Crippen molar-refractivity contribution in [3.63, 3.8) is 0 Å². The van der Waals surface area contributed by atoms with Crippen molar-refractivity contribution in [1.29, 1.82) is 0 Å². The number of anilines is 1. The molecule has 1 aromatic carbocycles. The van der Waals surface area contributed by atoms with E-state index in [1.807, 2.05) is 0 Å². The molecule has 0 aliphatic carbocycles. The summed E-state index contributed by atoms with van der Waals surface area (Å²) in [6.45, 7) is 9.29. The molecule has 2 heteroatoms. The maximum Gasteiger partial charge on any atom is 0.0407 e. The Labute approximate surface area is 120 Å². The first kappa shape index (κ1) is 13.9. The van der Waals surface area contributed by atoms with Crippen LogP contribution < -0.4 is 4.90 Å². The lowest BCUT2D eigenvalue weighted by molar-refractivity contribution is 0.301. The molecule has 18 heavy (non-hydrogen) atoms. The van der Waals surface area contributed by atoms with Crippen molar-refractivity contribution >= 4 is 21.6 Å². The lowest BCUT2D eigenvalue weighted by Gasteiger charge is -2.28. The molecule has 0 atom stereocenters. The van der Waals surface area contributed by atoms with Gasteiger partial charge in [-0.2, -0.15) is 0 Å². The van der Waals surface area contributed by atoms with E-state index in [0.29, 0.717) is 5.41 Å². The number of halogens is 1. The Morgan fingerprint density at radius 1 is 1.28 bits per heavy atom. The number of hydrogen-bond donors (Lipinski definition) is 0. The Kier molecular flexibility index (Phi) is 4.37. The number of alkyl halides is 1. The molecule has 1 nitrogen and oxygen atoms in total. The highest BCUT2D eigenvalue weighted by Gasteiger charge is 2.35. The quantitative estimate of drug-likeness (QED) is 0.715. The van der Waals surface area contributed by atoms with E-state index in [-0.39, 0.29) is 0 Å². The van der Waals surface area contributed by atoms with Crippen LogP contribution in [0.2, 0.25) is 0 Å². The second-order valence-corrected chi connectivity index (χ2v) is 6.21. The Hall–Kier alpha value is -0.500. The third-order valence-electron chi connectivity index (χ3n) is 4.66. The SMILES string of the molecule is CCC1(CC)CCN(c2ccc(C)cc2CBr)C1.